The topological polar surface area (TPSA) is 44.8 Å². The SMILES string of the molecule is CCCOc1ccc(C(=O)Nc2cccc(Cl)c2N2CCN(C)CC2)cc1. The predicted molar refractivity (Wildman–Crippen MR) is 111 cm³/mol. The largest absolute Gasteiger partial charge is 0.494 e. The Labute approximate surface area is 165 Å². The van der Waals surface area contributed by atoms with Crippen LogP contribution < -0.4 is 15.0 Å². The summed E-state index contributed by atoms with van der Waals surface area (Å²) in [5, 5.41) is 3.67. The van der Waals surface area contributed by atoms with E-state index in [4.69, 9.17) is 16.3 Å². The number of hydrogen-bond donors (Lipinski definition) is 1. The summed E-state index contributed by atoms with van der Waals surface area (Å²) in [6.07, 6.45) is 0.950. The Morgan fingerprint density at radius 2 is 1.81 bits per heavy atom. The summed E-state index contributed by atoms with van der Waals surface area (Å²) < 4.78 is 5.57. The Bertz CT molecular complexity index is 771. The lowest BCUT2D eigenvalue weighted by Gasteiger charge is -2.35. The number of halogens is 1. The number of nitrogens with zero attached hydrogens (tertiary/aromatic N) is 2. The molecule has 0 atom stereocenters. The first-order valence-electron chi connectivity index (χ1n) is 9.34. The number of benzene rings is 2. The fourth-order valence-corrected chi connectivity index (χ4v) is 3.38. The molecule has 1 fully saturated rings. The van der Waals surface area contributed by atoms with E-state index in [1.165, 1.54) is 0 Å². The molecule has 2 aromatic carbocycles. The molecule has 1 heterocycles. The molecule has 0 aromatic heterocycles. The van der Waals surface area contributed by atoms with E-state index in [9.17, 15) is 4.79 Å². The average molecular weight is 388 g/mol. The zero-order chi connectivity index (χ0) is 19.2. The summed E-state index contributed by atoms with van der Waals surface area (Å²) in [4.78, 5) is 17.2. The van der Waals surface area contributed by atoms with Gasteiger partial charge in [-0.1, -0.05) is 24.6 Å². The quantitative estimate of drug-likeness (QED) is 0.809. The minimum Gasteiger partial charge on any atom is -0.494 e. The van der Waals surface area contributed by atoms with Gasteiger partial charge in [-0.25, -0.2) is 0 Å². The number of likely N-dealkylation sites (N-methyl/N-ethyl adjacent to an activating group) is 1. The van der Waals surface area contributed by atoms with Gasteiger partial charge >= 0.3 is 0 Å². The zero-order valence-electron chi connectivity index (χ0n) is 15.9. The lowest BCUT2D eigenvalue weighted by molar-refractivity contribution is 0.102. The van der Waals surface area contributed by atoms with Crippen LogP contribution in [-0.4, -0.2) is 50.6 Å². The van der Waals surface area contributed by atoms with Gasteiger partial charge in [-0.2, -0.15) is 0 Å². The molecule has 144 valence electrons. The maximum atomic E-state index is 12.7. The molecule has 0 spiro atoms. The zero-order valence-corrected chi connectivity index (χ0v) is 16.6. The van der Waals surface area contributed by atoms with Gasteiger partial charge in [0, 0.05) is 31.7 Å². The number of carbonyl (C=O) groups is 1. The lowest BCUT2D eigenvalue weighted by atomic mass is 10.1. The van der Waals surface area contributed by atoms with Crippen molar-refractivity contribution >= 4 is 28.9 Å². The number of amides is 1. The van der Waals surface area contributed by atoms with E-state index in [0.29, 0.717) is 17.2 Å². The van der Waals surface area contributed by atoms with E-state index >= 15 is 0 Å². The Morgan fingerprint density at radius 1 is 1.11 bits per heavy atom. The van der Waals surface area contributed by atoms with Crippen molar-refractivity contribution in [2.45, 2.75) is 13.3 Å². The molecule has 3 rings (SSSR count). The molecule has 0 radical (unpaired) electrons. The number of rotatable bonds is 6. The first-order chi connectivity index (χ1) is 13.1. The molecule has 0 saturated carbocycles. The third kappa shape index (κ3) is 4.93. The van der Waals surface area contributed by atoms with E-state index in [2.05, 4.69) is 29.1 Å². The van der Waals surface area contributed by atoms with Crippen LogP contribution in [0.15, 0.2) is 42.5 Å². The second kappa shape index (κ2) is 9.11. The summed E-state index contributed by atoms with van der Waals surface area (Å²) in [6, 6.07) is 12.8. The molecule has 6 heteroatoms. The number of ether oxygens (including phenoxy) is 1. The second-order valence-corrected chi connectivity index (χ2v) is 7.16. The van der Waals surface area contributed by atoms with Crippen molar-refractivity contribution in [3.63, 3.8) is 0 Å². The van der Waals surface area contributed by atoms with E-state index in [1.807, 2.05) is 30.3 Å². The predicted octanol–water partition coefficient (Wildman–Crippen LogP) is 4.13. The van der Waals surface area contributed by atoms with Crippen LogP contribution in [0.4, 0.5) is 11.4 Å². The van der Waals surface area contributed by atoms with Gasteiger partial charge in [-0.05, 0) is 49.9 Å². The van der Waals surface area contributed by atoms with Crippen molar-refractivity contribution in [1.29, 1.82) is 0 Å². The first-order valence-corrected chi connectivity index (χ1v) is 9.72. The van der Waals surface area contributed by atoms with Crippen LogP contribution in [0.2, 0.25) is 5.02 Å². The van der Waals surface area contributed by atoms with Gasteiger partial charge in [0.05, 0.1) is 23.0 Å². The van der Waals surface area contributed by atoms with Crippen LogP contribution >= 0.6 is 11.6 Å². The van der Waals surface area contributed by atoms with Gasteiger partial charge in [0.25, 0.3) is 5.91 Å². The summed E-state index contributed by atoms with van der Waals surface area (Å²) in [7, 11) is 2.11. The molecule has 1 aliphatic heterocycles. The molecule has 1 saturated heterocycles. The Kier molecular flexibility index (Phi) is 6.58. The summed E-state index contributed by atoms with van der Waals surface area (Å²) in [5.41, 5.74) is 2.22. The van der Waals surface area contributed by atoms with Crippen molar-refractivity contribution in [3.05, 3.63) is 53.1 Å². The van der Waals surface area contributed by atoms with Crippen molar-refractivity contribution in [3.8, 4) is 5.75 Å². The smallest absolute Gasteiger partial charge is 0.255 e. The molecule has 0 unspecified atom stereocenters. The number of nitrogens with one attached hydrogen (secondary N) is 1. The fourth-order valence-electron chi connectivity index (χ4n) is 3.08. The highest BCUT2D eigenvalue weighted by Gasteiger charge is 2.20. The van der Waals surface area contributed by atoms with Crippen molar-refractivity contribution in [2.24, 2.45) is 0 Å². The van der Waals surface area contributed by atoms with Crippen LogP contribution in [0, 0.1) is 0 Å². The molecule has 1 amide bonds. The maximum Gasteiger partial charge on any atom is 0.255 e. The number of anilines is 2. The van der Waals surface area contributed by atoms with Crippen molar-refractivity contribution in [1.82, 2.24) is 4.90 Å². The van der Waals surface area contributed by atoms with Gasteiger partial charge in [-0.15, -0.1) is 0 Å². The van der Waals surface area contributed by atoms with Gasteiger partial charge in [0.2, 0.25) is 0 Å². The Hall–Kier alpha value is -2.24. The van der Waals surface area contributed by atoms with Gasteiger partial charge in [0.15, 0.2) is 0 Å². The van der Waals surface area contributed by atoms with E-state index in [1.54, 1.807) is 12.1 Å². The molecule has 2 aromatic rings. The molecule has 1 aliphatic rings. The highest BCUT2D eigenvalue weighted by molar-refractivity contribution is 6.34. The van der Waals surface area contributed by atoms with Gasteiger partial charge in [-0.3, -0.25) is 4.79 Å². The normalized spacial score (nSPS) is 14.9. The highest BCUT2D eigenvalue weighted by atomic mass is 35.5. The van der Waals surface area contributed by atoms with Crippen LogP contribution in [0.3, 0.4) is 0 Å². The monoisotopic (exact) mass is 387 g/mol. The molecular formula is C21H26ClN3O2. The van der Waals surface area contributed by atoms with Crippen LogP contribution in [0.25, 0.3) is 0 Å². The number of para-hydroxylation sites is 1. The van der Waals surface area contributed by atoms with E-state index in [0.717, 1.165) is 49.7 Å². The van der Waals surface area contributed by atoms with E-state index < -0.39 is 0 Å². The summed E-state index contributed by atoms with van der Waals surface area (Å²) >= 11 is 6.47. The molecule has 1 N–H and O–H groups in total. The lowest BCUT2D eigenvalue weighted by Crippen LogP contribution is -2.44. The molecule has 5 nitrogen and oxygen atoms in total. The van der Waals surface area contributed by atoms with Gasteiger partial charge in [0.1, 0.15) is 5.75 Å². The maximum absolute atomic E-state index is 12.7. The second-order valence-electron chi connectivity index (χ2n) is 6.75. The third-order valence-electron chi connectivity index (χ3n) is 4.64. The van der Waals surface area contributed by atoms with Crippen molar-refractivity contribution in [2.75, 3.05) is 50.1 Å². The molecule has 0 bridgehead atoms. The fraction of sp³-hybridized carbons (Fsp3) is 0.381. The number of carbonyl (C=O) groups excluding carboxylic acids is 1. The van der Waals surface area contributed by atoms with Crippen LogP contribution in [-0.2, 0) is 0 Å². The average Bonchev–Trinajstić information content (AvgIpc) is 2.68. The highest BCUT2D eigenvalue weighted by Crippen LogP contribution is 2.34. The van der Waals surface area contributed by atoms with Crippen LogP contribution in [0.5, 0.6) is 5.75 Å². The Balaban J connectivity index is 1.75. The van der Waals surface area contributed by atoms with Gasteiger partial charge < -0.3 is 19.9 Å². The van der Waals surface area contributed by atoms with Crippen LogP contribution in [0.1, 0.15) is 23.7 Å². The summed E-state index contributed by atoms with van der Waals surface area (Å²) in [5.74, 6) is 0.615. The Morgan fingerprint density at radius 3 is 2.48 bits per heavy atom. The van der Waals surface area contributed by atoms with E-state index in [-0.39, 0.29) is 5.91 Å². The summed E-state index contributed by atoms with van der Waals surface area (Å²) in [6.45, 7) is 6.43. The number of piperazine rings is 1. The molecule has 27 heavy (non-hydrogen) atoms. The minimum atomic E-state index is -0.158. The standard InChI is InChI=1S/C21H26ClN3O2/c1-3-15-27-17-9-7-16(8-10-17)21(26)23-19-6-4-5-18(22)20(19)25-13-11-24(2)12-14-25/h4-10H,3,11-15H2,1-2H3,(H,23,26). The van der Waals surface area contributed by atoms with Crippen molar-refractivity contribution < 1.29 is 9.53 Å². The molecular weight excluding hydrogens is 362 g/mol. The third-order valence-corrected chi connectivity index (χ3v) is 4.95. The first kappa shape index (κ1) is 19.5. The number of hydrogen-bond acceptors (Lipinski definition) is 4. The minimum absolute atomic E-state index is 0.158. The molecule has 0 aliphatic carbocycles.